The molecule has 20 heavy (non-hydrogen) atoms. The Bertz CT molecular complexity index is 480. The van der Waals surface area contributed by atoms with E-state index in [1.807, 2.05) is 13.8 Å². The first kappa shape index (κ1) is 15.8. The highest BCUT2D eigenvalue weighted by molar-refractivity contribution is 5.94. The fraction of sp³-hybridized carbons (Fsp3) is 0.429. The summed E-state index contributed by atoms with van der Waals surface area (Å²) in [5, 5.41) is 2.70. The van der Waals surface area contributed by atoms with Crippen molar-refractivity contribution in [1.29, 1.82) is 0 Å². The minimum atomic E-state index is -0.871. The van der Waals surface area contributed by atoms with Gasteiger partial charge in [0, 0.05) is 17.9 Å². The molecule has 0 saturated heterocycles. The lowest BCUT2D eigenvalue weighted by atomic mass is 10.2. The van der Waals surface area contributed by atoms with Crippen LogP contribution >= 0.6 is 0 Å². The van der Waals surface area contributed by atoms with E-state index in [1.165, 1.54) is 25.1 Å². The van der Waals surface area contributed by atoms with E-state index < -0.39 is 12.1 Å². The molecule has 0 aliphatic rings. The van der Waals surface area contributed by atoms with E-state index in [9.17, 15) is 9.59 Å². The third-order valence-electron chi connectivity index (χ3n) is 2.55. The molecule has 110 valence electrons. The smallest absolute Gasteiger partial charge is 0.339 e. The van der Waals surface area contributed by atoms with Gasteiger partial charge in [-0.1, -0.05) is 13.8 Å². The first-order valence-electron chi connectivity index (χ1n) is 6.44. The van der Waals surface area contributed by atoms with Crippen molar-refractivity contribution in [3.05, 3.63) is 23.8 Å². The average molecular weight is 279 g/mol. The van der Waals surface area contributed by atoms with Gasteiger partial charge in [0.05, 0.1) is 5.56 Å². The summed E-state index contributed by atoms with van der Waals surface area (Å²) >= 11 is 0. The van der Waals surface area contributed by atoms with Crippen LogP contribution in [0, 0.1) is 5.92 Å². The van der Waals surface area contributed by atoms with E-state index in [0.29, 0.717) is 23.8 Å². The summed E-state index contributed by atoms with van der Waals surface area (Å²) in [6.07, 6.45) is -0.871. The molecule has 1 unspecified atom stereocenters. The number of rotatable bonds is 5. The number of carbonyl (C=O) groups excluding carboxylic acids is 2. The lowest BCUT2D eigenvalue weighted by Crippen LogP contribution is -2.37. The van der Waals surface area contributed by atoms with Crippen molar-refractivity contribution in [2.45, 2.75) is 26.9 Å². The first-order valence-corrected chi connectivity index (χ1v) is 6.44. The maximum absolute atomic E-state index is 11.9. The molecule has 0 aliphatic carbocycles. The van der Waals surface area contributed by atoms with Crippen LogP contribution in [-0.4, -0.2) is 24.5 Å². The number of carbonyl (C=O) groups is 2. The van der Waals surface area contributed by atoms with Crippen LogP contribution in [0.5, 0.6) is 0 Å². The predicted molar refractivity (Wildman–Crippen MR) is 78.0 cm³/mol. The van der Waals surface area contributed by atoms with Crippen LogP contribution in [0.25, 0.3) is 0 Å². The predicted octanol–water partition coefficient (Wildman–Crippen LogP) is 1.17. The Kier molecular flexibility index (Phi) is 5.37. The number of esters is 1. The molecule has 0 radical (unpaired) electrons. The number of anilines is 2. The zero-order valence-corrected chi connectivity index (χ0v) is 12.0. The van der Waals surface area contributed by atoms with E-state index in [1.54, 1.807) is 0 Å². The van der Waals surface area contributed by atoms with Crippen LogP contribution in [0.15, 0.2) is 18.2 Å². The number of nitrogens with one attached hydrogen (secondary N) is 1. The Morgan fingerprint density at radius 3 is 2.20 bits per heavy atom. The topological polar surface area (TPSA) is 107 Å². The monoisotopic (exact) mass is 279 g/mol. The Hall–Kier alpha value is -2.24. The molecule has 1 aromatic carbocycles. The van der Waals surface area contributed by atoms with Gasteiger partial charge in [-0.2, -0.15) is 0 Å². The van der Waals surface area contributed by atoms with Crippen molar-refractivity contribution in [3.8, 4) is 0 Å². The second kappa shape index (κ2) is 6.79. The van der Waals surface area contributed by atoms with Gasteiger partial charge >= 0.3 is 5.97 Å². The van der Waals surface area contributed by atoms with Gasteiger partial charge in [0.2, 0.25) is 0 Å². The van der Waals surface area contributed by atoms with Crippen LogP contribution in [-0.2, 0) is 9.53 Å². The SMILES string of the molecule is CC(C)CNC(=O)C(C)OC(=O)c1cc(N)cc(N)c1. The molecule has 1 atom stereocenters. The van der Waals surface area contributed by atoms with Crippen LogP contribution in [0.4, 0.5) is 11.4 Å². The Labute approximate surface area is 118 Å². The first-order chi connectivity index (χ1) is 9.29. The third-order valence-corrected chi connectivity index (χ3v) is 2.55. The van der Waals surface area contributed by atoms with Gasteiger partial charge in [0.1, 0.15) is 0 Å². The summed E-state index contributed by atoms with van der Waals surface area (Å²) in [7, 11) is 0. The Morgan fingerprint density at radius 1 is 1.15 bits per heavy atom. The average Bonchev–Trinajstić information content (AvgIpc) is 2.34. The van der Waals surface area contributed by atoms with Gasteiger partial charge in [-0.3, -0.25) is 4.79 Å². The van der Waals surface area contributed by atoms with E-state index in [0.717, 1.165) is 0 Å². The number of amides is 1. The van der Waals surface area contributed by atoms with Crippen LogP contribution in [0.2, 0.25) is 0 Å². The highest BCUT2D eigenvalue weighted by Gasteiger charge is 2.19. The number of hydrogen-bond donors (Lipinski definition) is 3. The number of nitrogen functional groups attached to an aromatic ring is 2. The summed E-state index contributed by atoms with van der Waals surface area (Å²) in [6, 6.07) is 4.45. The summed E-state index contributed by atoms with van der Waals surface area (Å²) in [4.78, 5) is 23.6. The van der Waals surface area contributed by atoms with Crippen LogP contribution in [0.3, 0.4) is 0 Å². The van der Waals surface area contributed by atoms with E-state index in [2.05, 4.69) is 5.32 Å². The molecular formula is C14H21N3O3. The largest absolute Gasteiger partial charge is 0.449 e. The molecule has 0 spiro atoms. The maximum atomic E-state index is 11.9. The fourth-order valence-electron chi connectivity index (χ4n) is 1.52. The lowest BCUT2D eigenvalue weighted by Gasteiger charge is -2.15. The molecule has 5 N–H and O–H groups in total. The molecule has 0 heterocycles. The van der Waals surface area contributed by atoms with Gasteiger partial charge in [-0.05, 0) is 31.0 Å². The van der Waals surface area contributed by atoms with Crippen molar-refractivity contribution >= 4 is 23.3 Å². The molecule has 0 aromatic heterocycles. The second-order valence-electron chi connectivity index (χ2n) is 5.07. The molecule has 0 saturated carbocycles. The van der Waals surface area contributed by atoms with Crippen molar-refractivity contribution in [3.63, 3.8) is 0 Å². The standard InChI is InChI=1S/C14H21N3O3/c1-8(2)7-17-13(18)9(3)20-14(19)10-4-11(15)6-12(16)5-10/h4-6,8-9H,7,15-16H2,1-3H3,(H,17,18). The minimum absolute atomic E-state index is 0.228. The van der Waals surface area contributed by atoms with Gasteiger partial charge in [0.15, 0.2) is 6.10 Å². The molecule has 6 nitrogen and oxygen atoms in total. The van der Waals surface area contributed by atoms with Crippen molar-refractivity contribution in [1.82, 2.24) is 5.32 Å². The summed E-state index contributed by atoms with van der Waals surface area (Å²) < 4.78 is 5.08. The molecule has 6 heteroatoms. The Morgan fingerprint density at radius 2 is 1.70 bits per heavy atom. The lowest BCUT2D eigenvalue weighted by molar-refractivity contribution is -0.129. The second-order valence-corrected chi connectivity index (χ2v) is 5.07. The van der Waals surface area contributed by atoms with Crippen LogP contribution in [0.1, 0.15) is 31.1 Å². The third kappa shape index (κ3) is 4.79. The van der Waals surface area contributed by atoms with Crippen molar-refractivity contribution < 1.29 is 14.3 Å². The zero-order valence-electron chi connectivity index (χ0n) is 12.0. The molecule has 1 amide bonds. The van der Waals surface area contributed by atoms with Crippen LogP contribution < -0.4 is 16.8 Å². The highest BCUT2D eigenvalue weighted by Crippen LogP contribution is 2.15. The van der Waals surface area contributed by atoms with Gasteiger partial charge in [-0.25, -0.2) is 4.79 Å². The fourth-order valence-corrected chi connectivity index (χ4v) is 1.52. The minimum Gasteiger partial charge on any atom is -0.449 e. The molecule has 1 rings (SSSR count). The quantitative estimate of drug-likeness (QED) is 0.554. The van der Waals surface area contributed by atoms with E-state index >= 15 is 0 Å². The van der Waals surface area contributed by atoms with Gasteiger partial charge in [0.25, 0.3) is 5.91 Å². The number of ether oxygens (including phenoxy) is 1. The zero-order chi connectivity index (χ0) is 15.3. The molecule has 0 fully saturated rings. The summed E-state index contributed by atoms with van der Waals surface area (Å²) in [5.74, 6) is -0.629. The number of nitrogens with two attached hydrogens (primary N) is 2. The summed E-state index contributed by atoms with van der Waals surface area (Å²) in [6.45, 7) is 6.01. The van der Waals surface area contributed by atoms with Crippen molar-refractivity contribution in [2.24, 2.45) is 5.92 Å². The normalized spacial score (nSPS) is 12.0. The number of benzene rings is 1. The van der Waals surface area contributed by atoms with E-state index in [4.69, 9.17) is 16.2 Å². The summed E-state index contributed by atoms with van der Waals surface area (Å²) in [5.41, 5.74) is 12.2. The maximum Gasteiger partial charge on any atom is 0.339 e. The molecule has 1 aromatic rings. The molecular weight excluding hydrogens is 258 g/mol. The number of hydrogen-bond acceptors (Lipinski definition) is 5. The molecule has 0 aliphatic heterocycles. The highest BCUT2D eigenvalue weighted by atomic mass is 16.5. The van der Waals surface area contributed by atoms with Crippen molar-refractivity contribution in [2.75, 3.05) is 18.0 Å². The van der Waals surface area contributed by atoms with E-state index in [-0.39, 0.29) is 11.5 Å². The Balaban J connectivity index is 2.63. The van der Waals surface area contributed by atoms with Gasteiger partial charge in [-0.15, -0.1) is 0 Å². The van der Waals surface area contributed by atoms with Gasteiger partial charge < -0.3 is 21.5 Å². The molecule has 0 bridgehead atoms.